The van der Waals surface area contributed by atoms with Crippen LogP contribution in [-0.4, -0.2) is 11.9 Å². The first kappa shape index (κ1) is 6.49. The summed E-state index contributed by atoms with van der Waals surface area (Å²) in [4.78, 5) is 4.15. The molecule has 0 saturated carbocycles. The van der Waals surface area contributed by atoms with Crippen molar-refractivity contribution in [2.45, 2.75) is 26.4 Å². The molecule has 0 aromatic carbocycles. The largest absolute Gasteiger partial charge is 0.309 e. The first-order valence-electron chi connectivity index (χ1n) is 3.15. The summed E-state index contributed by atoms with van der Waals surface area (Å²) >= 11 is 0. The maximum absolute atomic E-state index is 5.59. The van der Waals surface area contributed by atoms with E-state index in [1.165, 1.54) is 5.57 Å². The molecule has 2 N–H and O–H groups in total. The molecule has 0 aromatic rings. The molecule has 0 aromatic heterocycles. The van der Waals surface area contributed by atoms with Crippen LogP contribution in [0.1, 0.15) is 20.3 Å². The molecule has 2 heteroatoms. The van der Waals surface area contributed by atoms with Gasteiger partial charge < -0.3 is 5.73 Å². The van der Waals surface area contributed by atoms with E-state index in [0.717, 1.165) is 12.1 Å². The smallest absolute Gasteiger partial charge is 0.101 e. The van der Waals surface area contributed by atoms with Crippen LogP contribution in [0.4, 0.5) is 0 Å². The van der Waals surface area contributed by atoms with Crippen LogP contribution in [0, 0.1) is 0 Å². The van der Waals surface area contributed by atoms with Gasteiger partial charge in [-0.15, -0.1) is 0 Å². The number of allylic oxidation sites excluding steroid dienone is 1. The zero-order valence-electron chi connectivity index (χ0n) is 5.89. The van der Waals surface area contributed by atoms with E-state index in [2.05, 4.69) is 18.0 Å². The Kier molecular flexibility index (Phi) is 1.67. The molecule has 1 aliphatic rings. The fourth-order valence-corrected chi connectivity index (χ4v) is 1.09. The maximum atomic E-state index is 5.59. The average Bonchev–Trinajstić information content (AvgIpc) is 1.59. The van der Waals surface area contributed by atoms with Crippen molar-refractivity contribution in [3.63, 3.8) is 0 Å². The third kappa shape index (κ3) is 1.64. The fraction of sp³-hybridized carbons (Fsp3) is 0.571. The molecule has 0 bridgehead atoms. The van der Waals surface area contributed by atoms with Crippen molar-refractivity contribution in [3.05, 3.63) is 11.6 Å². The van der Waals surface area contributed by atoms with Crippen molar-refractivity contribution >= 4 is 5.71 Å². The molecule has 2 nitrogen and oxygen atoms in total. The first-order chi connectivity index (χ1) is 4.18. The molecular weight excluding hydrogens is 112 g/mol. The van der Waals surface area contributed by atoms with Gasteiger partial charge in [-0.3, -0.25) is 4.99 Å². The Bertz CT molecular complexity index is 168. The highest BCUT2D eigenvalue weighted by Gasteiger charge is 2.05. The number of dihydropyridines is 1. The maximum Gasteiger partial charge on any atom is 0.101 e. The topological polar surface area (TPSA) is 38.4 Å². The molecule has 0 fully saturated rings. The number of nitrogens with zero attached hydrogens (tertiary/aromatic N) is 1. The monoisotopic (exact) mass is 124 g/mol. The van der Waals surface area contributed by atoms with Gasteiger partial charge >= 0.3 is 0 Å². The Morgan fingerprint density at radius 3 is 2.78 bits per heavy atom. The van der Waals surface area contributed by atoms with Crippen molar-refractivity contribution < 1.29 is 0 Å². The summed E-state index contributed by atoms with van der Waals surface area (Å²) < 4.78 is 0. The minimum Gasteiger partial charge on any atom is -0.309 e. The first-order valence-corrected chi connectivity index (χ1v) is 3.15. The number of hydrogen-bond acceptors (Lipinski definition) is 2. The second-order valence-electron chi connectivity index (χ2n) is 2.53. The summed E-state index contributed by atoms with van der Waals surface area (Å²) in [6.45, 7) is 4.06. The molecule has 1 heterocycles. The molecule has 50 valence electrons. The minimum absolute atomic E-state index is 0.00926. The van der Waals surface area contributed by atoms with Gasteiger partial charge in [-0.1, -0.05) is 5.57 Å². The number of nitrogens with two attached hydrogens (primary N) is 1. The van der Waals surface area contributed by atoms with Gasteiger partial charge in [0.2, 0.25) is 0 Å². The van der Waals surface area contributed by atoms with Crippen LogP contribution in [0.5, 0.6) is 0 Å². The highest BCUT2D eigenvalue weighted by molar-refractivity contribution is 5.94. The normalized spacial score (nSPS) is 27.2. The van der Waals surface area contributed by atoms with E-state index in [4.69, 9.17) is 5.73 Å². The highest BCUT2D eigenvalue weighted by atomic mass is 14.9. The number of hydrogen-bond donors (Lipinski definition) is 1. The van der Waals surface area contributed by atoms with E-state index in [1.807, 2.05) is 6.92 Å². The molecule has 9 heavy (non-hydrogen) atoms. The molecule has 0 aliphatic carbocycles. The van der Waals surface area contributed by atoms with Gasteiger partial charge in [0.15, 0.2) is 0 Å². The lowest BCUT2D eigenvalue weighted by molar-refractivity contribution is 0.692. The molecule has 0 radical (unpaired) electrons. The second-order valence-corrected chi connectivity index (χ2v) is 2.53. The van der Waals surface area contributed by atoms with Crippen LogP contribution < -0.4 is 5.73 Å². The van der Waals surface area contributed by atoms with Gasteiger partial charge in [0.25, 0.3) is 0 Å². The number of aliphatic imine (C=N–C) groups is 1. The Morgan fingerprint density at radius 1 is 1.67 bits per heavy atom. The van der Waals surface area contributed by atoms with Gasteiger partial charge in [0.05, 0.1) is 0 Å². The van der Waals surface area contributed by atoms with Gasteiger partial charge in [-0.25, -0.2) is 0 Å². The van der Waals surface area contributed by atoms with Crippen molar-refractivity contribution in [1.29, 1.82) is 0 Å². The third-order valence-electron chi connectivity index (χ3n) is 1.36. The fourth-order valence-electron chi connectivity index (χ4n) is 1.09. The standard InChI is InChI=1S/C7H12N2/c1-5-3-6(2)9-7(8)4-5/h3,7H,4,8H2,1-2H3. The predicted octanol–water partition coefficient (Wildman–Crippen LogP) is 1.08. The van der Waals surface area contributed by atoms with Gasteiger partial charge in [-0.05, 0) is 19.9 Å². The Balaban J connectivity index is 2.74. The Hall–Kier alpha value is -0.630. The molecule has 1 unspecified atom stereocenters. The van der Waals surface area contributed by atoms with Gasteiger partial charge in [-0.2, -0.15) is 0 Å². The second kappa shape index (κ2) is 2.31. The van der Waals surface area contributed by atoms with E-state index in [1.54, 1.807) is 0 Å². The van der Waals surface area contributed by atoms with Crippen molar-refractivity contribution in [2.75, 3.05) is 0 Å². The van der Waals surface area contributed by atoms with E-state index < -0.39 is 0 Å². The Morgan fingerprint density at radius 2 is 2.33 bits per heavy atom. The van der Waals surface area contributed by atoms with E-state index in [9.17, 15) is 0 Å². The highest BCUT2D eigenvalue weighted by Crippen LogP contribution is 2.09. The minimum atomic E-state index is 0.00926. The molecule has 1 rings (SSSR count). The van der Waals surface area contributed by atoms with Crippen LogP contribution in [0.3, 0.4) is 0 Å². The lowest BCUT2D eigenvalue weighted by atomic mass is 10.1. The van der Waals surface area contributed by atoms with Crippen LogP contribution >= 0.6 is 0 Å². The van der Waals surface area contributed by atoms with Crippen LogP contribution in [0.2, 0.25) is 0 Å². The Labute approximate surface area is 55.5 Å². The quantitative estimate of drug-likeness (QED) is 0.515. The number of rotatable bonds is 0. The summed E-state index contributed by atoms with van der Waals surface area (Å²) in [5.41, 5.74) is 7.96. The lowest BCUT2D eigenvalue weighted by Gasteiger charge is -2.12. The van der Waals surface area contributed by atoms with Gasteiger partial charge in [0, 0.05) is 12.1 Å². The van der Waals surface area contributed by atoms with Crippen molar-refractivity contribution in [2.24, 2.45) is 10.7 Å². The SMILES string of the molecule is CC1=CC(C)=NC(N)C1. The molecule has 0 saturated heterocycles. The summed E-state index contributed by atoms with van der Waals surface area (Å²) in [5.74, 6) is 0. The van der Waals surface area contributed by atoms with Crippen molar-refractivity contribution in [3.8, 4) is 0 Å². The van der Waals surface area contributed by atoms with Crippen molar-refractivity contribution in [1.82, 2.24) is 0 Å². The van der Waals surface area contributed by atoms with Crippen LogP contribution in [-0.2, 0) is 0 Å². The van der Waals surface area contributed by atoms with E-state index in [-0.39, 0.29) is 6.17 Å². The summed E-state index contributed by atoms with van der Waals surface area (Å²) in [6.07, 6.45) is 3.00. The zero-order valence-corrected chi connectivity index (χ0v) is 5.89. The van der Waals surface area contributed by atoms with Gasteiger partial charge in [0.1, 0.15) is 6.17 Å². The summed E-state index contributed by atoms with van der Waals surface area (Å²) in [7, 11) is 0. The molecule has 1 atom stereocenters. The molecule has 0 spiro atoms. The van der Waals surface area contributed by atoms with Crippen LogP contribution in [0.25, 0.3) is 0 Å². The third-order valence-corrected chi connectivity index (χ3v) is 1.36. The molecule has 1 aliphatic heterocycles. The molecular formula is C7H12N2. The average molecular weight is 124 g/mol. The lowest BCUT2D eigenvalue weighted by Crippen LogP contribution is -2.21. The van der Waals surface area contributed by atoms with E-state index in [0.29, 0.717) is 0 Å². The summed E-state index contributed by atoms with van der Waals surface area (Å²) in [5, 5.41) is 0. The predicted molar refractivity (Wildman–Crippen MR) is 39.5 cm³/mol. The summed E-state index contributed by atoms with van der Waals surface area (Å²) in [6, 6.07) is 0. The van der Waals surface area contributed by atoms with Crippen LogP contribution in [0.15, 0.2) is 16.6 Å². The van der Waals surface area contributed by atoms with E-state index >= 15 is 0 Å². The zero-order chi connectivity index (χ0) is 6.85. The molecule has 0 amide bonds.